The standard InChI is InChI=1S/C11H11NO2.BrH/c1-7-5-9-8(6-10(7)14-2)3-4-12-11(9)13;/h3-6H,1-2H3,(H,12,13);1H. The van der Waals surface area contributed by atoms with Crippen molar-refractivity contribution in [3.63, 3.8) is 0 Å². The number of pyridine rings is 1. The molecule has 4 heteroatoms. The normalized spacial score (nSPS) is 9.73. The Morgan fingerprint density at radius 2 is 2.07 bits per heavy atom. The van der Waals surface area contributed by atoms with E-state index < -0.39 is 0 Å². The van der Waals surface area contributed by atoms with Crippen LogP contribution in [0.25, 0.3) is 10.8 Å². The molecule has 0 aliphatic carbocycles. The molecule has 0 atom stereocenters. The highest BCUT2D eigenvalue weighted by molar-refractivity contribution is 8.93. The zero-order chi connectivity index (χ0) is 10.1. The highest BCUT2D eigenvalue weighted by Crippen LogP contribution is 2.22. The van der Waals surface area contributed by atoms with Crippen LogP contribution >= 0.6 is 17.0 Å². The number of fused-ring (bicyclic) bond motifs is 1. The van der Waals surface area contributed by atoms with E-state index in [1.54, 1.807) is 13.3 Å². The molecule has 3 nitrogen and oxygen atoms in total. The fourth-order valence-corrected chi connectivity index (χ4v) is 1.54. The zero-order valence-corrected chi connectivity index (χ0v) is 10.2. The summed E-state index contributed by atoms with van der Waals surface area (Å²) in [6.45, 7) is 1.92. The first-order valence-electron chi connectivity index (χ1n) is 4.38. The summed E-state index contributed by atoms with van der Waals surface area (Å²) in [5.41, 5.74) is 0.907. The first-order valence-corrected chi connectivity index (χ1v) is 4.38. The van der Waals surface area contributed by atoms with E-state index >= 15 is 0 Å². The number of H-pyrrole nitrogens is 1. The lowest BCUT2D eigenvalue weighted by Gasteiger charge is -2.05. The molecule has 0 unspecified atom stereocenters. The summed E-state index contributed by atoms with van der Waals surface area (Å²) >= 11 is 0. The van der Waals surface area contributed by atoms with E-state index in [2.05, 4.69) is 4.98 Å². The van der Waals surface area contributed by atoms with Crippen LogP contribution in [0.2, 0.25) is 0 Å². The third-order valence-corrected chi connectivity index (χ3v) is 2.29. The summed E-state index contributed by atoms with van der Waals surface area (Å²) in [6, 6.07) is 5.57. The number of ether oxygens (including phenoxy) is 1. The quantitative estimate of drug-likeness (QED) is 0.864. The highest BCUT2D eigenvalue weighted by Gasteiger charge is 2.03. The maximum Gasteiger partial charge on any atom is 0.255 e. The number of aromatic nitrogens is 1. The molecule has 0 spiro atoms. The number of hydrogen-bond acceptors (Lipinski definition) is 2. The van der Waals surface area contributed by atoms with Crippen molar-refractivity contribution in [3.8, 4) is 5.75 Å². The van der Waals surface area contributed by atoms with Gasteiger partial charge in [0.1, 0.15) is 5.75 Å². The van der Waals surface area contributed by atoms with Crippen LogP contribution in [0.5, 0.6) is 5.75 Å². The zero-order valence-electron chi connectivity index (χ0n) is 8.53. The van der Waals surface area contributed by atoms with E-state index in [4.69, 9.17) is 4.74 Å². The number of benzene rings is 1. The topological polar surface area (TPSA) is 42.1 Å². The minimum Gasteiger partial charge on any atom is -0.496 e. The maximum atomic E-state index is 11.4. The molecule has 0 saturated heterocycles. The van der Waals surface area contributed by atoms with Gasteiger partial charge in [-0.2, -0.15) is 0 Å². The molecule has 0 saturated carbocycles. The van der Waals surface area contributed by atoms with Gasteiger partial charge in [-0.05, 0) is 36.1 Å². The lowest BCUT2D eigenvalue weighted by atomic mass is 10.1. The van der Waals surface area contributed by atoms with Crippen molar-refractivity contribution in [2.45, 2.75) is 6.92 Å². The third kappa shape index (κ3) is 2.04. The van der Waals surface area contributed by atoms with Crippen LogP contribution in [-0.2, 0) is 0 Å². The predicted molar refractivity (Wildman–Crippen MR) is 66.2 cm³/mol. The van der Waals surface area contributed by atoms with Crippen molar-refractivity contribution < 1.29 is 4.74 Å². The minimum atomic E-state index is -0.0618. The average Bonchev–Trinajstić information content (AvgIpc) is 2.19. The summed E-state index contributed by atoms with van der Waals surface area (Å²) < 4.78 is 5.18. The Bertz CT molecular complexity index is 534. The summed E-state index contributed by atoms with van der Waals surface area (Å²) in [5.74, 6) is 0.808. The molecule has 0 radical (unpaired) electrons. The first-order chi connectivity index (χ1) is 6.72. The summed E-state index contributed by atoms with van der Waals surface area (Å²) in [7, 11) is 1.63. The van der Waals surface area contributed by atoms with Gasteiger partial charge in [0.2, 0.25) is 0 Å². The first kappa shape index (κ1) is 11.8. The van der Waals surface area contributed by atoms with Crippen molar-refractivity contribution in [1.82, 2.24) is 4.98 Å². The molecule has 1 N–H and O–H groups in total. The SMILES string of the molecule is Br.COc1cc2cc[nH]c(=O)c2cc1C. The average molecular weight is 270 g/mol. The Morgan fingerprint density at radius 1 is 1.33 bits per heavy atom. The predicted octanol–water partition coefficient (Wildman–Crippen LogP) is 2.42. The molecule has 80 valence electrons. The molecule has 2 rings (SSSR count). The summed E-state index contributed by atoms with van der Waals surface area (Å²) in [4.78, 5) is 14.1. The maximum absolute atomic E-state index is 11.4. The van der Waals surface area contributed by atoms with E-state index in [9.17, 15) is 4.79 Å². The van der Waals surface area contributed by atoms with Crippen molar-refractivity contribution >= 4 is 27.8 Å². The minimum absolute atomic E-state index is 0. The summed E-state index contributed by atoms with van der Waals surface area (Å²) in [6.07, 6.45) is 1.64. The van der Waals surface area contributed by atoms with Crippen molar-refractivity contribution in [2.75, 3.05) is 7.11 Å². The van der Waals surface area contributed by atoms with E-state index in [0.29, 0.717) is 5.39 Å². The monoisotopic (exact) mass is 269 g/mol. The van der Waals surface area contributed by atoms with Crippen LogP contribution in [-0.4, -0.2) is 12.1 Å². The molecule has 1 heterocycles. The van der Waals surface area contributed by atoms with Gasteiger partial charge < -0.3 is 9.72 Å². The molecule has 0 aliphatic rings. The van der Waals surface area contributed by atoms with Gasteiger partial charge >= 0.3 is 0 Å². The van der Waals surface area contributed by atoms with Crippen LogP contribution in [0.3, 0.4) is 0 Å². The van der Waals surface area contributed by atoms with Crippen LogP contribution in [0.4, 0.5) is 0 Å². The molecule has 1 aromatic carbocycles. The Kier molecular flexibility index (Phi) is 3.52. The summed E-state index contributed by atoms with van der Waals surface area (Å²) in [5, 5.41) is 1.60. The Balaban J connectivity index is 0.00000112. The number of hydrogen-bond donors (Lipinski definition) is 1. The van der Waals surface area contributed by atoms with Crippen molar-refractivity contribution in [1.29, 1.82) is 0 Å². The number of aryl methyl sites for hydroxylation is 1. The molecule has 0 aliphatic heterocycles. The van der Waals surface area contributed by atoms with Crippen LogP contribution in [0.15, 0.2) is 29.2 Å². The van der Waals surface area contributed by atoms with E-state index in [1.165, 1.54) is 0 Å². The number of aromatic amines is 1. The molecule has 0 amide bonds. The lowest BCUT2D eigenvalue weighted by molar-refractivity contribution is 0.412. The number of rotatable bonds is 1. The molecular weight excluding hydrogens is 258 g/mol. The van der Waals surface area contributed by atoms with Crippen LogP contribution < -0.4 is 10.3 Å². The van der Waals surface area contributed by atoms with Crippen molar-refractivity contribution in [3.05, 3.63) is 40.3 Å². The van der Waals surface area contributed by atoms with Gasteiger partial charge in [0.15, 0.2) is 0 Å². The Hall–Kier alpha value is -1.29. The van der Waals surface area contributed by atoms with Gasteiger partial charge in [-0.25, -0.2) is 0 Å². The van der Waals surface area contributed by atoms with Gasteiger partial charge in [0, 0.05) is 11.6 Å². The molecule has 15 heavy (non-hydrogen) atoms. The van der Waals surface area contributed by atoms with Gasteiger partial charge in [0.05, 0.1) is 7.11 Å². The Labute approximate surface area is 97.9 Å². The smallest absolute Gasteiger partial charge is 0.255 e. The van der Waals surface area contributed by atoms with Gasteiger partial charge in [-0.3, -0.25) is 4.79 Å². The van der Waals surface area contributed by atoms with E-state index in [0.717, 1.165) is 16.7 Å². The molecule has 2 aromatic rings. The number of methoxy groups -OCH3 is 1. The van der Waals surface area contributed by atoms with Crippen LogP contribution in [0.1, 0.15) is 5.56 Å². The second-order valence-electron chi connectivity index (χ2n) is 3.22. The fraction of sp³-hybridized carbons (Fsp3) is 0.182. The largest absolute Gasteiger partial charge is 0.496 e. The molecule has 0 bridgehead atoms. The number of halogens is 1. The van der Waals surface area contributed by atoms with Crippen LogP contribution in [0, 0.1) is 6.92 Å². The molecule has 0 fully saturated rings. The third-order valence-electron chi connectivity index (χ3n) is 2.29. The second-order valence-corrected chi connectivity index (χ2v) is 3.22. The second kappa shape index (κ2) is 4.49. The van der Waals surface area contributed by atoms with Gasteiger partial charge in [0.25, 0.3) is 5.56 Å². The van der Waals surface area contributed by atoms with Crippen molar-refractivity contribution in [2.24, 2.45) is 0 Å². The molecule has 1 aromatic heterocycles. The van der Waals surface area contributed by atoms with E-state index in [-0.39, 0.29) is 22.5 Å². The number of nitrogens with one attached hydrogen (secondary N) is 1. The highest BCUT2D eigenvalue weighted by atomic mass is 79.9. The molecular formula is C11H12BrNO2. The van der Waals surface area contributed by atoms with Gasteiger partial charge in [-0.1, -0.05) is 0 Å². The van der Waals surface area contributed by atoms with Gasteiger partial charge in [-0.15, -0.1) is 17.0 Å². The van der Waals surface area contributed by atoms with E-state index in [1.807, 2.05) is 25.1 Å². The Morgan fingerprint density at radius 3 is 2.73 bits per heavy atom. The lowest BCUT2D eigenvalue weighted by Crippen LogP contribution is -2.04. The fourth-order valence-electron chi connectivity index (χ4n) is 1.54.